The zero-order valence-electron chi connectivity index (χ0n) is 20.4. The van der Waals surface area contributed by atoms with Crippen LogP contribution in [0.3, 0.4) is 0 Å². The maximum atomic E-state index is 13.1. The lowest BCUT2D eigenvalue weighted by molar-refractivity contribution is -0.116. The molecular weight excluding hydrogens is 462 g/mol. The minimum absolute atomic E-state index is 0.0200. The fraction of sp³-hybridized carbons (Fsp3) is 0.385. The Kier molecular flexibility index (Phi) is 8.09. The van der Waals surface area contributed by atoms with Crippen molar-refractivity contribution in [2.45, 2.75) is 26.2 Å². The number of hydrogen-bond donors (Lipinski definition) is 1. The molecule has 184 valence electrons. The van der Waals surface area contributed by atoms with E-state index in [0.717, 1.165) is 47.8 Å². The minimum atomic E-state index is -0.0200. The van der Waals surface area contributed by atoms with Crippen LogP contribution in [0.25, 0.3) is 21.8 Å². The fourth-order valence-electron chi connectivity index (χ4n) is 3.93. The summed E-state index contributed by atoms with van der Waals surface area (Å²) in [5, 5.41) is 4.85. The first kappa shape index (κ1) is 24.8. The molecule has 1 fully saturated rings. The Morgan fingerprint density at radius 1 is 1.11 bits per heavy atom. The van der Waals surface area contributed by atoms with Gasteiger partial charge in [0.15, 0.2) is 0 Å². The van der Waals surface area contributed by atoms with Crippen molar-refractivity contribution in [3.8, 4) is 27.6 Å². The third-order valence-electron chi connectivity index (χ3n) is 6.05. The molecule has 2 aromatic heterocycles. The number of carbonyl (C=O) groups is 2. The van der Waals surface area contributed by atoms with Gasteiger partial charge in [-0.15, -0.1) is 11.3 Å². The zero-order valence-corrected chi connectivity index (χ0v) is 21.2. The number of methoxy groups -OCH3 is 1. The highest BCUT2D eigenvalue weighted by atomic mass is 32.1. The maximum Gasteiger partial charge on any atom is 0.257 e. The SMILES string of the molecule is CCCCC(=O)Nc1csc(-c2cncc(-c3ccc(C(=O)N4CCN(C)CC4)c(OC)c3)n2)c1. The molecule has 0 saturated carbocycles. The molecule has 0 bridgehead atoms. The number of unbranched alkanes of at least 4 members (excludes halogenated alkanes) is 1. The zero-order chi connectivity index (χ0) is 24.8. The largest absolute Gasteiger partial charge is 0.496 e. The number of anilines is 1. The van der Waals surface area contributed by atoms with Crippen molar-refractivity contribution in [3.05, 3.63) is 47.6 Å². The van der Waals surface area contributed by atoms with Gasteiger partial charge in [-0.05, 0) is 31.7 Å². The van der Waals surface area contributed by atoms with Crippen LogP contribution in [0.2, 0.25) is 0 Å². The number of nitrogens with one attached hydrogen (secondary N) is 1. The number of thiophene rings is 1. The molecule has 0 aliphatic carbocycles. The predicted molar refractivity (Wildman–Crippen MR) is 139 cm³/mol. The number of nitrogens with zero attached hydrogens (tertiary/aromatic N) is 4. The Labute approximate surface area is 210 Å². The van der Waals surface area contributed by atoms with Gasteiger partial charge in [0.2, 0.25) is 5.91 Å². The molecule has 1 aromatic carbocycles. The van der Waals surface area contributed by atoms with Gasteiger partial charge in [0.1, 0.15) is 5.75 Å². The van der Waals surface area contributed by atoms with Gasteiger partial charge in [0.25, 0.3) is 5.91 Å². The lowest BCUT2D eigenvalue weighted by atomic mass is 10.1. The minimum Gasteiger partial charge on any atom is -0.496 e. The van der Waals surface area contributed by atoms with Crippen LogP contribution < -0.4 is 10.1 Å². The van der Waals surface area contributed by atoms with Crippen LogP contribution in [0.1, 0.15) is 36.5 Å². The monoisotopic (exact) mass is 493 g/mol. The van der Waals surface area contributed by atoms with E-state index in [1.807, 2.05) is 28.5 Å². The van der Waals surface area contributed by atoms with Crippen LogP contribution in [0.5, 0.6) is 5.75 Å². The molecule has 1 N–H and O–H groups in total. The maximum absolute atomic E-state index is 13.1. The Bertz CT molecular complexity index is 1190. The molecule has 0 spiro atoms. The van der Waals surface area contributed by atoms with Crippen molar-refractivity contribution < 1.29 is 14.3 Å². The molecule has 2 amide bonds. The van der Waals surface area contributed by atoms with Crippen LogP contribution >= 0.6 is 11.3 Å². The van der Waals surface area contributed by atoms with E-state index in [1.54, 1.807) is 25.6 Å². The van der Waals surface area contributed by atoms with E-state index in [2.05, 4.69) is 29.2 Å². The average molecular weight is 494 g/mol. The van der Waals surface area contributed by atoms with Crippen LogP contribution in [0.4, 0.5) is 5.69 Å². The molecule has 8 nitrogen and oxygen atoms in total. The van der Waals surface area contributed by atoms with E-state index >= 15 is 0 Å². The van der Waals surface area contributed by atoms with Crippen molar-refractivity contribution in [2.75, 3.05) is 45.7 Å². The fourth-order valence-corrected chi connectivity index (χ4v) is 4.72. The Morgan fingerprint density at radius 3 is 2.63 bits per heavy atom. The van der Waals surface area contributed by atoms with E-state index in [-0.39, 0.29) is 11.8 Å². The molecule has 0 radical (unpaired) electrons. The molecule has 3 heterocycles. The standard InChI is InChI=1S/C26H31N5O3S/c1-4-5-6-25(32)28-19-14-24(35-17-19)22-16-27-15-21(29-22)18-7-8-20(23(13-18)34-3)26(33)31-11-9-30(2)10-12-31/h7-8,13-17H,4-6,9-12H2,1-3H3,(H,28,32). The third kappa shape index (κ3) is 6.04. The van der Waals surface area contributed by atoms with E-state index in [1.165, 1.54) is 11.3 Å². The van der Waals surface area contributed by atoms with Crippen molar-refractivity contribution in [2.24, 2.45) is 0 Å². The summed E-state index contributed by atoms with van der Waals surface area (Å²) in [6.07, 6.45) is 5.79. The lowest BCUT2D eigenvalue weighted by Crippen LogP contribution is -2.47. The molecule has 35 heavy (non-hydrogen) atoms. The third-order valence-corrected chi connectivity index (χ3v) is 7.00. The smallest absolute Gasteiger partial charge is 0.257 e. The van der Waals surface area contributed by atoms with Crippen molar-refractivity contribution in [1.82, 2.24) is 19.8 Å². The molecule has 0 unspecified atom stereocenters. The summed E-state index contributed by atoms with van der Waals surface area (Å²) in [7, 11) is 3.64. The first-order valence-corrected chi connectivity index (χ1v) is 12.7. The number of amides is 2. The van der Waals surface area contributed by atoms with Gasteiger partial charge in [0.05, 0.1) is 47.0 Å². The van der Waals surface area contributed by atoms with Gasteiger partial charge < -0.3 is 19.9 Å². The Balaban J connectivity index is 1.52. The highest BCUT2D eigenvalue weighted by molar-refractivity contribution is 7.14. The highest BCUT2D eigenvalue weighted by Gasteiger charge is 2.23. The molecule has 9 heteroatoms. The second kappa shape index (κ2) is 11.4. The van der Waals surface area contributed by atoms with Crippen molar-refractivity contribution in [3.63, 3.8) is 0 Å². The number of likely N-dealkylation sites (N-methyl/N-ethyl adjacent to an activating group) is 1. The van der Waals surface area contributed by atoms with E-state index in [4.69, 9.17) is 9.72 Å². The lowest BCUT2D eigenvalue weighted by Gasteiger charge is -2.32. The summed E-state index contributed by atoms with van der Waals surface area (Å²) in [5.74, 6) is 0.523. The summed E-state index contributed by atoms with van der Waals surface area (Å²) < 4.78 is 5.58. The normalized spacial score (nSPS) is 14.1. The second-order valence-corrected chi connectivity index (χ2v) is 9.56. The molecular formula is C26H31N5O3S. The number of ether oxygens (including phenoxy) is 1. The van der Waals surface area contributed by atoms with Gasteiger partial charge in [-0.2, -0.15) is 0 Å². The van der Waals surface area contributed by atoms with Gasteiger partial charge in [-0.25, -0.2) is 4.98 Å². The Morgan fingerprint density at radius 2 is 1.89 bits per heavy atom. The van der Waals surface area contributed by atoms with E-state index in [0.29, 0.717) is 36.5 Å². The number of benzene rings is 1. The predicted octanol–water partition coefficient (Wildman–Crippen LogP) is 4.40. The summed E-state index contributed by atoms with van der Waals surface area (Å²) in [6, 6.07) is 7.44. The Hall–Kier alpha value is -3.30. The summed E-state index contributed by atoms with van der Waals surface area (Å²) in [5.41, 5.74) is 3.54. The van der Waals surface area contributed by atoms with Gasteiger partial charge in [0, 0.05) is 43.5 Å². The van der Waals surface area contributed by atoms with Gasteiger partial charge >= 0.3 is 0 Å². The summed E-state index contributed by atoms with van der Waals surface area (Å²) in [4.78, 5) is 39.3. The summed E-state index contributed by atoms with van der Waals surface area (Å²) >= 11 is 1.51. The molecule has 1 aliphatic rings. The van der Waals surface area contributed by atoms with Crippen LogP contribution in [-0.2, 0) is 4.79 Å². The van der Waals surface area contributed by atoms with Crippen LogP contribution in [0, 0.1) is 0 Å². The van der Waals surface area contributed by atoms with E-state index < -0.39 is 0 Å². The van der Waals surface area contributed by atoms with Gasteiger partial charge in [-0.3, -0.25) is 14.6 Å². The molecule has 1 aliphatic heterocycles. The topological polar surface area (TPSA) is 87.7 Å². The van der Waals surface area contributed by atoms with Gasteiger partial charge in [-0.1, -0.05) is 19.4 Å². The summed E-state index contributed by atoms with van der Waals surface area (Å²) in [6.45, 7) is 5.20. The average Bonchev–Trinajstić information content (AvgIpc) is 3.35. The van der Waals surface area contributed by atoms with Crippen LogP contribution in [-0.4, -0.2) is 71.9 Å². The second-order valence-electron chi connectivity index (χ2n) is 8.65. The molecule has 0 atom stereocenters. The van der Waals surface area contributed by atoms with Crippen molar-refractivity contribution in [1.29, 1.82) is 0 Å². The van der Waals surface area contributed by atoms with E-state index in [9.17, 15) is 9.59 Å². The first-order valence-electron chi connectivity index (χ1n) is 11.9. The van der Waals surface area contributed by atoms with Crippen molar-refractivity contribution >= 4 is 28.8 Å². The molecule has 3 aromatic rings. The highest BCUT2D eigenvalue weighted by Crippen LogP contribution is 2.31. The number of carbonyl (C=O) groups excluding carboxylic acids is 2. The van der Waals surface area contributed by atoms with Crippen LogP contribution in [0.15, 0.2) is 42.0 Å². The number of piperazine rings is 1. The number of aromatic nitrogens is 2. The molecule has 4 rings (SSSR count). The molecule has 1 saturated heterocycles. The number of rotatable bonds is 8. The number of hydrogen-bond acceptors (Lipinski definition) is 7. The first-order chi connectivity index (χ1) is 17.0. The quantitative estimate of drug-likeness (QED) is 0.501.